The number of anilines is 6. The number of hydrogen-bond donors (Lipinski definition) is 4. The Balaban J connectivity index is 0.00000220. The summed E-state index contributed by atoms with van der Waals surface area (Å²) >= 11 is 0. The van der Waals surface area contributed by atoms with Crippen LogP contribution in [-0.2, 0) is 13.1 Å². The third-order valence-corrected chi connectivity index (χ3v) is 6.53. The first kappa shape index (κ1) is 31.1. The number of pyridine rings is 2. The van der Waals surface area contributed by atoms with Gasteiger partial charge in [-0.3, -0.25) is 4.79 Å². The number of rotatable bonds is 8. The standard InChI is InChI=1S/C31H30N6O.2HI/c1-3-36-18-15-24(16-19-36)33-22-9-11-23(12-10-22)35-31(38)26-14-13-25(21-28(26)32)34-29-17-20-37(4-2)30-8-6-5-7-27(29)30;;/h5-21H,3-4H2,1-2H3,(H3,32,35,38);2*1H. The van der Waals surface area contributed by atoms with Gasteiger partial charge >= 0.3 is 0 Å². The van der Waals surface area contributed by atoms with Crippen molar-refractivity contribution >= 4 is 50.9 Å². The van der Waals surface area contributed by atoms with Gasteiger partial charge in [0.1, 0.15) is 13.1 Å². The highest BCUT2D eigenvalue weighted by Gasteiger charge is 2.14. The summed E-state index contributed by atoms with van der Waals surface area (Å²) in [7, 11) is 0. The first-order valence-electron chi connectivity index (χ1n) is 12.8. The summed E-state index contributed by atoms with van der Waals surface area (Å²) in [6.07, 6.45) is 6.13. The second-order valence-corrected chi connectivity index (χ2v) is 9.03. The Morgan fingerprint density at radius 1 is 0.725 bits per heavy atom. The molecule has 0 aliphatic heterocycles. The lowest BCUT2D eigenvalue weighted by Gasteiger charge is -2.13. The van der Waals surface area contributed by atoms with Crippen molar-refractivity contribution in [2.45, 2.75) is 26.9 Å². The van der Waals surface area contributed by atoms with Gasteiger partial charge in [-0.1, -0.05) is 12.1 Å². The number of amides is 1. The summed E-state index contributed by atoms with van der Waals surface area (Å²) in [6, 6.07) is 27.4. The molecule has 0 unspecified atom stereocenters. The van der Waals surface area contributed by atoms with E-state index in [-0.39, 0.29) is 53.9 Å². The maximum atomic E-state index is 13.0. The monoisotopic (exact) mass is 758 g/mol. The molecule has 2 heterocycles. The van der Waals surface area contributed by atoms with Crippen molar-refractivity contribution < 1.29 is 61.9 Å². The fraction of sp³-hybridized carbons (Fsp3) is 0.129. The summed E-state index contributed by atoms with van der Waals surface area (Å²) in [5.74, 6) is -0.254. The van der Waals surface area contributed by atoms with Crippen molar-refractivity contribution in [1.29, 1.82) is 0 Å². The number of carbonyl (C=O) groups excluding carboxylic acids is 1. The van der Waals surface area contributed by atoms with Crippen LogP contribution in [0, 0.1) is 0 Å². The quantitative estimate of drug-likeness (QED) is 0.100. The molecule has 5 rings (SSSR count). The van der Waals surface area contributed by atoms with Crippen LogP contribution in [0.15, 0.2) is 104 Å². The molecule has 0 bridgehead atoms. The van der Waals surface area contributed by atoms with Crippen LogP contribution in [0.2, 0.25) is 0 Å². The van der Waals surface area contributed by atoms with Gasteiger partial charge in [0.2, 0.25) is 5.52 Å². The largest absolute Gasteiger partial charge is 1.00 e. The molecule has 5 N–H and O–H groups in total. The van der Waals surface area contributed by atoms with Crippen LogP contribution in [0.3, 0.4) is 0 Å². The summed E-state index contributed by atoms with van der Waals surface area (Å²) in [4.78, 5) is 13.0. The number of nitrogens with two attached hydrogens (primary N) is 1. The highest BCUT2D eigenvalue weighted by Crippen LogP contribution is 2.27. The molecule has 7 nitrogen and oxygen atoms in total. The summed E-state index contributed by atoms with van der Waals surface area (Å²) < 4.78 is 4.30. The predicted molar refractivity (Wildman–Crippen MR) is 154 cm³/mol. The number of hydrogen-bond acceptors (Lipinski definition) is 4. The molecular formula is C31H32I2N6O. The van der Waals surface area contributed by atoms with Gasteiger partial charge in [-0.2, -0.15) is 4.57 Å². The molecule has 0 saturated carbocycles. The lowest BCUT2D eigenvalue weighted by Crippen LogP contribution is -3.00. The number of fused-ring (bicyclic) bond motifs is 1. The van der Waals surface area contributed by atoms with Crippen LogP contribution in [0.1, 0.15) is 24.2 Å². The van der Waals surface area contributed by atoms with Crippen molar-refractivity contribution in [2.75, 3.05) is 21.7 Å². The minimum Gasteiger partial charge on any atom is -1.00 e. The van der Waals surface area contributed by atoms with E-state index in [9.17, 15) is 4.79 Å². The summed E-state index contributed by atoms with van der Waals surface area (Å²) in [5.41, 5.74) is 12.7. The van der Waals surface area contributed by atoms with Crippen LogP contribution in [0.5, 0.6) is 0 Å². The minimum absolute atomic E-state index is 0. The Morgan fingerprint density at radius 3 is 2.05 bits per heavy atom. The second-order valence-electron chi connectivity index (χ2n) is 9.03. The van der Waals surface area contributed by atoms with Crippen molar-refractivity contribution in [3.05, 3.63) is 109 Å². The molecule has 40 heavy (non-hydrogen) atoms. The zero-order valence-corrected chi connectivity index (χ0v) is 26.7. The Kier molecular flexibility index (Phi) is 11.1. The molecule has 0 aliphatic rings. The van der Waals surface area contributed by atoms with Gasteiger partial charge in [0.05, 0.1) is 22.3 Å². The maximum absolute atomic E-state index is 13.0. The number of aryl methyl sites for hydroxylation is 2. The molecule has 0 atom stereocenters. The molecule has 0 saturated heterocycles. The van der Waals surface area contributed by atoms with E-state index in [2.05, 4.69) is 63.3 Å². The fourth-order valence-electron chi connectivity index (χ4n) is 4.43. The van der Waals surface area contributed by atoms with Gasteiger partial charge in [0, 0.05) is 47.0 Å². The van der Waals surface area contributed by atoms with E-state index in [1.54, 1.807) is 12.1 Å². The van der Waals surface area contributed by atoms with E-state index in [1.165, 1.54) is 0 Å². The van der Waals surface area contributed by atoms with E-state index in [1.807, 2.05) is 67.0 Å². The topological polar surface area (TPSA) is 86.9 Å². The molecule has 9 heteroatoms. The fourth-order valence-corrected chi connectivity index (χ4v) is 4.43. The summed E-state index contributed by atoms with van der Waals surface area (Å²) in [6.45, 7) is 6.05. The van der Waals surface area contributed by atoms with E-state index >= 15 is 0 Å². The van der Waals surface area contributed by atoms with Crippen molar-refractivity contribution in [2.24, 2.45) is 0 Å². The third-order valence-electron chi connectivity index (χ3n) is 6.53. The Labute approximate surface area is 268 Å². The first-order chi connectivity index (χ1) is 18.5. The zero-order valence-electron chi connectivity index (χ0n) is 22.4. The zero-order chi connectivity index (χ0) is 26.5. The lowest BCUT2D eigenvalue weighted by atomic mass is 10.1. The second kappa shape index (κ2) is 14.3. The van der Waals surface area contributed by atoms with Crippen molar-refractivity contribution in [3.8, 4) is 0 Å². The number of nitrogens with zero attached hydrogens (tertiary/aromatic N) is 2. The van der Waals surface area contributed by atoms with Crippen LogP contribution >= 0.6 is 0 Å². The van der Waals surface area contributed by atoms with Gasteiger partial charge in [-0.05, 0) is 62.4 Å². The minimum atomic E-state index is -0.254. The number of halogens is 2. The van der Waals surface area contributed by atoms with Crippen LogP contribution in [-0.4, -0.2) is 5.91 Å². The number of nitrogens with one attached hydrogen (secondary N) is 3. The van der Waals surface area contributed by atoms with E-state index in [0.717, 1.165) is 46.7 Å². The van der Waals surface area contributed by atoms with Gasteiger partial charge in [0.25, 0.3) is 5.91 Å². The molecule has 0 aliphatic carbocycles. The Bertz CT molecular complexity index is 1590. The number of para-hydroxylation sites is 1. The summed E-state index contributed by atoms with van der Waals surface area (Å²) in [5, 5.41) is 10.9. The highest BCUT2D eigenvalue weighted by atomic mass is 127. The van der Waals surface area contributed by atoms with E-state index in [4.69, 9.17) is 5.73 Å². The average molecular weight is 758 g/mol. The SMILES string of the molecule is CC[n+]1ccc(Nc2ccc(NC(=O)c3ccc(Nc4cc[n+](CC)c5ccccc45)cc3N)cc2)cc1.[I-].[I-]. The molecule has 1 amide bonds. The number of nitrogen functional groups attached to an aromatic ring is 1. The van der Waals surface area contributed by atoms with Gasteiger partial charge in [0.15, 0.2) is 18.6 Å². The molecule has 5 aromatic rings. The van der Waals surface area contributed by atoms with E-state index in [0.29, 0.717) is 16.9 Å². The van der Waals surface area contributed by atoms with Crippen molar-refractivity contribution in [3.63, 3.8) is 0 Å². The number of carbonyl (C=O) groups is 1. The Hall–Kier alpha value is -3.45. The first-order valence-corrected chi connectivity index (χ1v) is 12.8. The van der Waals surface area contributed by atoms with Crippen molar-refractivity contribution in [1.82, 2.24) is 0 Å². The number of benzene rings is 3. The molecule has 0 radical (unpaired) electrons. The van der Waals surface area contributed by atoms with Crippen LogP contribution in [0.4, 0.5) is 34.1 Å². The third kappa shape index (κ3) is 7.19. The van der Waals surface area contributed by atoms with Gasteiger partial charge in [-0.25, -0.2) is 4.57 Å². The number of aromatic nitrogens is 2. The van der Waals surface area contributed by atoms with Gasteiger partial charge in [-0.15, -0.1) is 0 Å². The molecule has 0 spiro atoms. The lowest BCUT2D eigenvalue weighted by molar-refractivity contribution is -0.693. The maximum Gasteiger partial charge on any atom is 0.257 e. The van der Waals surface area contributed by atoms with Gasteiger partial charge < -0.3 is 69.6 Å². The molecule has 3 aromatic carbocycles. The van der Waals surface area contributed by atoms with Crippen LogP contribution in [0.25, 0.3) is 10.9 Å². The predicted octanol–water partition coefficient (Wildman–Crippen LogP) is -0.216. The molecular weight excluding hydrogens is 726 g/mol. The van der Waals surface area contributed by atoms with Crippen LogP contribution < -0.4 is 78.8 Å². The molecule has 2 aromatic heterocycles. The normalized spacial score (nSPS) is 10.2. The van der Waals surface area contributed by atoms with E-state index < -0.39 is 0 Å². The molecule has 0 fully saturated rings. The smallest absolute Gasteiger partial charge is 0.257 e. The highest BCUT2D eigenvalue weighted by molar-refractivity contribution is 6.08. The molecule has 206 valence electrons. The average Bonchev–Trinajstić information content (AvgIpc) is 2.95. The Morgan fingerprint density at radius 2 is 1.38 bits per heavy atom.